The summed E-state index contributed by atoms with van der Waals surface area (Å²) in [5.74, 6) is 0.671. The van der Waals surface area contributed by atoms with E-state index in [4.69, 9.17) is 0 Å². The third-order valence-electron chi connectivity index (χ3n) is 2.82. The Morgan fingerprint density at radius 3 is 1.73 bits per heavy atom. The van der Waals surface area contributed by atoms with E-state index in [1.807, 2.05) is 0 Å². The molecular formula is C9H19NO. The maximum Gasteiger partial charge on any atom is 0.0857 e. The van der Waals surface area contributed by atoms with Crippen LogP contribution in [0.2, 0.25) is 0 Å². The van der Waals surface area contributed by atoms with Crippen LogP contribution in [-0.4, -0.2) is 23.3 Å². The molecule has 1 heterocycles. The van der Waals surface area contributed by atoms with E-state index >= 15 is 0 Å². The van der Waals surface area contributed by atoms with Crippen LogP contribution in [0.1, 0.15) is 27.7 Å². The molecular weight excluding hydrogens is 138 g/mol. The van der Waals surface area contributed by atoms with Gasteiger partial charge in [-0.3, -0.25) is 0 Å². The molecule has 11 heavy (non-hydrogen) atoms. The second-order valence-electron chi connectivity index (χ2n) is 4.16. The molecule has 0 spiro atoms. The summed E-state index contributed by atoms with van der Waals surface area (Å²) >= 11 is 0. The Morgan fingerprint density at radius 1 is 1.27 bits per heavy atom. The van der Waals surface area contributed by atoms with Crippen molar-refractivity contribution in [2.24, 2.45) is 11.8 Å². The molecule has 0 saturated carbocycles. The van der Waals surface area contributed by atoms with Crippen LogP contribution >= 0.6 is 0 Å². The highest BCUT2D eigenvalue weighted by atomic mass is 16.3. The standard InChI is InChI=1S/C9H19NO/c1-6(2)9(11,7(3)4)8-5-10-8/h6-8,10-11H,5H2,1-4H3/t8-/m0/s1. The number of hydrogen-bond donors (Lipinski definition) is 2. The molecule has 1 saturated heterocycles. The lowest BCUT2D eigenvalue weighted by molar-refractivity contribution is -0.0472. The molecule has 1 rings (SSSR count). The van der Waals surface area contributed by atoms with Crippen molar-refractivity contribution in [3.63, 3.8) is 0 Å². The zero-order valence-electron chi connectivity index (χ0n) is 7.89. The molecule has 1 aliphatic rings. The first-order valence-electron chi connectivity index (χ1n) is 4.45. The predicted molar refractivity (Wildman–Crippen MR) is 46.4 cm³/mol. The molecule has 0 radical (unpaired) electrons. The average Bonchev–Trinajstić information content (AvgIpc) is 2.66. The lowest BCUT2D eigenvalue weighted by Crippen LogP contribution is -2.47. The minimum atomic E-state index is -0.500. The van der Waals surface area contributed by atoms with E-state index in [-0.39, 0.29) is 0 Å². The van der Waals surface area contributed by atoms with Gasteiger partial charge in [0, 0.05) is 12.6 Å². The predicted octanol–water partition coefficient (Wildman–Crippen LogP) is 1.00. The van der Waals surface area contributed by atoms with Crippen LogP contribution in [0.5, 0.6) is 0 Å². The van der Waals surface area contributed by atoms with Gasteiger partial charge in [0.1, 0.15) is 0 Å². The van der Waals surface area contributed by atoms with Crippen molar-refractivity contribution >= 4 is 0 Å². The van der Waals surface area contributed by atoms with Crippen LogP contribution in [0.15, 0.2) is 0 Å². The fraction of sp³-hybridized carbons (Fsp3) is 1.00. The summed E-state index contributed by atoms with van der Waals surface area (Å²) in [6, 6.07) is 0.336. The number of rotatable bonds is 3. The summed E-state index contributed by atoms with van der Waals surface area (Å²) in [5, 5.41) is 13.4. The number of aliphatic hydroxyl groups is 1. The maximum absolute atomic E-state index is 10.2. The summed E-state index contributed by atoms with van der Waals surface area (Å²) in [4.78, 5) is 0. The van der Waals surface area contributed by atoms with Crippen molar-refractivity contribution in [1.29, 1.82) is 0 Å². The molecule has 1 aliphatic heterocycles. The fourth-order valence-corrected chi connectivity index (χ4v) is 1.86. The topological polar surface area (TPSA) is 42.2 Å². The first-order valence-corrected chi connectivity index (χ1v) is 4.45. The van der Waals surface area contributed by atoms with Gasteiger partial charge in [-0.25, -0.2) is 0 Å². The lowest BCUT2D eigenvalue weighted by Gasteiger charge is -2.35. The van der Waals surface area contributed by atoms with E-state index in [2.05, 4.69) is 33.0 Å². The number of nitrogens with one attached hydrogen (secondary N) is 1. The van der Waals surface area contributed by atoms with Crippen molar-refractivity contribution in [3.05, 3.63) is 0 Å². The molecule has 1 atom stereocenters. The fourth-order valence-electron chi connectivity index (χ4n) is 1.86. The molecule has 0 aromatic carbocycles. The Morgan fingerprint density at radius 2 is 1.64 bits per heavy atom. The zero-order valence-corrected chi connectivity index (χ0v) is 7.89. The Balaban J connectivity index is 2.69. The Hall–Kier alpha value is -0.0800. The maximum atomic E-state index is 10.2. The Kier molecular flexibility index (Phi) is 2.26. The van der Waals surface area contributed by atoms with Gasteiger partial charge < -0.3 is 10.4 Å². The van der Waals surface area contributed by atoms with Crippen molar-refractivity contribution in [1.82, 2.24) is 5.32 Å². The van der Waals surface area contributed by atoms with E-state index < -0.39 is 5.60 Å². The van der Waals surface area contributed by atoms with Crippen molar-refractivity contribution in [2.75, 3.05) is 6.54 Å². The normalized spacial score (nSPS) is 24.8. The molecule has 2 N–H and O–H groups in total. The van der Waals surface area contributed by atoms with E-state index in [1.54, 1.807) is 0 Å². The quantitative estimate of drug-likeness (QED) is 0.600. The summed E-state index contributed by atoms with van der Waals surface area (Å²) in [6.07, 6.45) is 0. The summed E-state index contributed by atoms with van der Waals surface area (Å²) in [6.45, 7) is 9.31. The highest BCUT2D eigenvalue weighted by Gasteiger charge is 2.47. The van der Waals surface area contributed by atoms with Gasteiger partial charge in [-0.2, -0.15) is 0 Å². The SMILES string of the molecule is CC(C)C(O)(C(C)C)[C@@H]1CN1. The molecule has 0 aliphatic carbocycles. The van der Waals surface area contributed by atoms with Crippen LogP contribution in [0.4, 0.5) is 0 Å². The molecule has 0 unspecified atom stereocenters. The molecule has 0 aromatic rings. The van der Waals surface area contributed by atoms with Crippen molar-refractivity contribution < 1.29 is 5.11 Å². The molecule has 0 aromatic heterocycles. The van der Waals surface area contributed by atoms with Gasteiger partial charge >= 0.3 is 0 Å². The molecule has 0 bridgehead atoms. The van der Waals surface area contributed by atoms with E-state index in [1.165, 1.54) is 0 Å². The molecule has 66 valence electrons. The van der Waals surface area contributed by atoms with Gasteiger partial charge in [0.25, 0.3) is 0 Å². The summed E-state index contributed by atoms with van der Waals surface area (Å²) < 4.78 is 0. The van der Waals surface area contributed by atoms with Gasteiger partial charge in [-0.15, -0.1) is 0 Å². The highest BCUT2D eigenvalue weighted by molar-refractivity contribution is 5.05. The Labute approximate surface area is 69.0 Å². The second kappa shape index (κ2) is 2.76. The van der Waals surface area contributed by atoms with Gasteiger partial charge in [-0.05, 0) is 11.8 Å². The van der Waals surface area contributed by atoms with Crippen LogP contribution in [0.25, 0.3) is 0 Å². The lowest BCUT2D eigenvalue weighted by atomic mass is 9.78. The molecule has 2 heteroatoms. The summed E-state index contributed by atoms with van der Waals surface area (Å²) in [7, 11) is 0. The van der Waals surface area contributed by atoms with Gasteiger partial charge in [0.05, 0.1) is 5.60 Å². The third-order valence-corrected chi connectivity index (χ3v) is 2.82. The monoisotopic (exact) mass is 157 g/mol. The van der Waals surface area contributed by atoms with Crippen molar-refractivity contribution in [2.45, 2.75) is 39.3 Å². The van der Waals surface area contributed by atoms with Gasteiger partial charge in [-0.1, -0.05) is 27.7 Å². The third kappa shape index (κ3) is 1.42. The van der Waals surface area contributed by atoms with E-state index in [0.29, 0.717) is 17.9 Å². The van der Waals surface area contributed by atoms with E-state index in [9.17, 15) is 5.11 Å². The molecule has 0 amide bonds. The average molecular weight is 157 g/mol. The largest absolute Gasteiger partial charge is 0.388 e. The first kappa shape index (κ1) is 9.01. The van der Waals surface area contributed by atoms with Crippen LogP contribution in [0.3, 0.4) is 0 Å². The smallest absolute Gasteiger partial charge is 0.0857 e. The molecule has 1 fully saturated rings. The minimum absolute atomic E-state index is 0.336. The second-order valence-corrected chi connectivity index (χ2v) is 4.16. The van der Waals surface area contributed by atoms with Gasteiger partial charge in [0.15, 0.2) is 0 Å². The number of hydrogen-bond acceptors (Lipinski definition) is 2. The minimum Gasteiger partial charge on any atom is -0.388 e. The Bertz CT molecular complexity index is 125. The van der Waals surface area contributed by atoms with Crippen LogP contribution in [-0.2, 0) is 0 Å². The van der Waals surface area contributed by atoms with Crippen LogP contribution < -0.4 is 5.32 Å². The van der Waals surface area contributed by atoms with Crippen molar-refractivity contribution in [3.8, 4) is 0 Å². The first-order chi connectivity index (χ1) is 4.99. The van der Waals surface area contributed by atoms with Gasteiger partial charge in [0.2, 0.25) is 0 Å². The zero-order chi connectivity index (χ0) is 8.65. The van der Waals surface area contributed by atoms with E-state index in [0.717, 1.165) is 6.54 Å². The van der Waals surface area contributed by atoms with Crippen LogP contribution in [0, 0.1) is 11.8 Å². The highest BCUT2D eigenvalue weighted by Crippen LogP contribution is 2.33. The summed E-state index contributed by atoms with van der Waals surface area (Å²) in [5.41, 5.74) is -0.500. The molecule has 2 nitrogen and oxygen atoms in total.